The lowest BCUT2D eigenvalue weighted by atomic mass is 10.1. The number of nitrogens with one attached hydrogen (secondary N) is 2. The largest absolute Gasteiger partial charge is 0.486 e. The predicted octanol–water partition coefficient (Wildman–Crippen LogP) is 4.30. The van der Waals surface area contributed by atoms with Gasteiger partial charge in [-0.1, -0.05) is 30.3 Å². The Hall–Kier alpha value is -3.35. The normalized spacial score (nSPS) is 13.7. The molecule has 0 fully saturated rings. The Bertz CT molecular complexity index is 937. The van der Waals surface area contributed by atoms with Crippen molar-refractivity contribution in [1.29, 1.82) is 0 Å². The Balaban J connectivity index is 1.52. The van der Waals surface area contributed by atoms with Gasteiger partial charge in [0.25, 0.3) is 0 Å². The van der Waals surface area contributed by atoms with Crippen LogP contribution in [0.1, 0.15) is 18.5 Å². The third-order valence-corrected chi connectivity index (χ3v) is 4.19. The van der Waals surface area contributed by atoms with Crippen LogP contribution in [0, 0.1) is 5.82 Å². The van der Waals surface area contributed by atoms with Crippen LogP contribution in [0.4, 0.5) is 21.8 Å². The maximum absolute atomic E-state index is 14.2. The molecule has 1 aliphatic heterocycles. The number of rotatable bonds is 5. The molecule has 27 heavy (non-hydrogen) atoms. The summed E-state index contributed by atoms with van der Waals surface area (Å²) in [7, 11) is 0. The predicted molar refractivity (Wildman–Crippen MR) is 101 cm³/mol. The number of fused-ring (bicyclic) bond motifs is 1. The molecule has 0 spiro atoms. The van der Waals surface area contributed by atoms with Gasteiger partial charge >= 0.3 is 0 Å². The van der Waals surface area contributed by atoms with Crippen molar-refractivity contribution in [2.75, 3.05) is 23.8 Å². The Kier molecular flexibility index (Phi) is 4.74. The van der Waals surface area contributed by atoms with Gasteiger partial charge in [-0.15, -0.1) is 0 Å². The van der Waals surface area contributed by atoms with Gasteiger partial charge in [0.15, 0.2) is 23.1 Å². The maximum Gasteiger partial charge on any atom is 0.225 e. The average molecular weight is 366 g/mol. The minimum atomic E-state index is -0.539. The summed E-state index contributed by atoms with van der Waals surface area (Å²) in [5, 5.41) is 6.16. The summed E-state index contributed by atoms with van der Waals surface area (Å²) in [6, 6.07) is 15.2. The monoisotopic (exact) mass is 366 g/mol. The van der Waals surface area contributed by atoms with Crippen molar-refractivity contribution in [3.63, 3.8) is 0 Å². The lowest BCUT2D eigenvalue weighted by molar-refractivity contribution is 0.171. The van der Waals surface area contributed by atoms with E-state index in [-0.39, 0.29) is 11.9 Å². The van der Waals surface area contributed by atoms with Crippen molar-refractivity contribution in [2.24, 2.45) is 0 Å². The van der Waals surface area contributed by atoms with Gasteiger partial charge in [-0.05, 0) is 24.6 Å². The second kappa shape index (κ2) is 7.49. The fourth-order valence-electron chi connectivity index (χ4n) is 2.80. The summed E-state index contributed by atoms with van der Waals surface area (Å²) < 4.78 is 25.2. The van der Waals surface area contributed by atoms with Gasteiger partial charge in [0.1, 0.15) is 13.2 Å². The Morgan fingerprint density at radius 3 is 2.63 bits per heavy atom. The fraction of sp³-hybridized carbons (Fsp3) is 0.200. The lowest BCUT2D eigenvalue weighted by Crippen LogP contribution is -2.15. The molecule has 2 N–H and O–H groups in total. The van der Waals surface area contributed by atoms with E-state index in [1.807, 2.05) is 37.3 Å². The number of halogens is 1. The SMILES string of the molecule is CC(Nc1ncc(F)c(Nc2ccc3c(c2)OCCO3)n1)c1ccccc1. The molecular formula is C20H19FN4O2. The standard InChI is InChI=1S/C20H19FN4O2/c1-13(14-5-3-2-4-6-14)23-20-22-12-16(21)19(25-20)24-15-7-8-17-18(11-15)27-10-9-26-17/h2-8,11-13H,9-10H2,1H3,(H2,22,23,24,25). The number of nitrogens with zero attached hydrogens (tertiary/aromatic N) is 2. The number of ether oxygens (including phenoxy) is 2. The Morgan fingerprint density at radius 2 is 1.81 bits per heavy atom. The van der Waals surface area contributed by atoms with Crippen LogP contribution in [0.15, 0.2) is 54.7 Å². The molecule has 0 bridgehead atoms. The van der Waals surface area contributed by atoms with Crippen LogP contribution in [0.2, 0.25) is 0 Å². The van der Waals surface area contributed by atoms with E-state index in [4.69, 9.17) is 9.47 Å². The van der Waals surface area contributed by atoms with E-state index in [9.17, 15) is 4.39 Å². The van der Waals surface area contributed by atoms with E-state index in [0.29, 0.717) is 36.3 Å². The summed E-state index contributed by atoms with van der Waals surface area (Å²) in [4.78, 5) is 8.30. The Labute approximate surface area is 156 Å². The molecule has 0 amide bonds. The smallest absolute Gasteiger partial charge is 0.225 e. The first-order chi connectivity index (χ1) is 13.2. The first-order valence-electron chi connectivity index (χ1n) is 8.70. The summed E-state index contributed by atoms with van der Waals surface area (Å²) >= 11 is 0. The molecule has 138 valence electrons. The first-order valence-corrected chi connectivity index (χ1v) is 8.70. The van der Waals surface area contributed by atoms with Crippen LogP contribution < -0.4 is 20.1 Å². The quantitative estimate of drug-likeness (QED) is 0.702. The zero-order valence-corrected chi connectivity index (χ0v) is 14.8. The molecule has 2 heterocycles. The number of hydrogen-bond acceptors (Lipinski definition) is 6. The third-order valence-electron chi connectivity index (χ3n) is 4.19. The van der Waals surface area contributed by atoms with E-state index >= 15 is 0 Å². The van der Waals surface area contributed by atoms with Crippen LogP contribution in [0.25, 0.3) is 0 Å². The minimum Gasteiger partial charge on any atom is -0.486 e. The van der Waals surface area contributed by atoms with E-state index < -0.39 is 5.82 Å². The van der Waals surface area contributed by atoms with Crippen molar-refractivity contribution in [3.05, 3.63) is 66.1 Å². The molecule has 0 saturated heterocycles. The summed E-state index contributed by atoms with van der Waals surface area (Å²) in [6.45, 7) is 3.01. The van der Waals surface area contributed by atoms with Crippen molar-refractivity contribution >= 4 is 17.5 Å². The van der Waals surface area contributed by atoms with Gasteiger partial charge < -0.3 is 20.1 Å². The highest BCUT2D eigenvalue weighted by molar-refractivity contribution is 5.62. The van der Waals surface area contributed by atoms with Crippen molar-refractivity contribution in [1.82, 2.24) is 9.97 Å². The molecule has 3 aromatic rings. The highest BCUT2D eigenvalue weighted by Crippen LogP contribution is 2.33. The van der Waals surface area contributed by atoms with Crippen LogP contribution in [0.5, 0.6) is 11.5 Å². The zero-order chi connectivity index (χ0) is 18.6. The van der Waals surface area contributed by atoms with Gasteiger partial charge in [0.2, 0.25) is 5.95 Å². The molecule has 0 radical (unpaired) electrons. The van der Waals surface area contributed by atoms with E-state index in [0.717, 1.165) is 11.8 Å². The van der Waals surface area contributed by atoms with Crippen molar-refractivity contribution < 1.29 is 13.9 Å². The summed E-state index contributed by atoms with van der Waals surface area (Å²) in [6.07, 6.45) is 1.15. The number of hydrogen-bond donors (Lipinski definition) is 2. The summed E-state index contributed by atoms with van der Waals surface area (Å²) in [5.74, 6) is 1.19. The third kappa shape index (κ3) is 3.92. The van der Waals surface area contributed by atoms with E-state index in [2.05, 4.69) is 20.6 Å². The number of benzene rings is 2. The first kappa shape index (κ1) is 17.1. The highest BCUT2D eigenvalue weighted by Gasteiger charge is 2.14. The molecule has 1 aliphatic rings. The lowest BCUT2D eigenvalue weighted by Gasteiger charge is -2.19. The molecule has 4 rings (SSSR count). The van der Waals surface area contributed by atoms with E-state index in [1.165, 1.54) is 0 Å². The molecule has 7 heteroatoms. The molecule has 1 unspecified atom stereocenters. The maximum atomic E-state index is 14.2. The molecule has 0 aliphatic carbocycles. The number of aromatic nitrogens is 2. The average Bonchev–Trinajstić information content (AvgIpc) is 2.71. The van der Waals surface area contributed by atoms with Gasteiger partial charge in [-0.25, -0.2) is 9.37 Å². The molecule has 2 aromatic carbocycles. The molecule has 1 atom stereocenters. The van der Waals surface area contributed by atoms with Gasteiger partial charge in [-0.2, -0.15) is 4.98 Å². The highest BCUT2D eigenvalue weighted by atomic mass is 19.1. The van der Waals surface area contributed by atoms with Crippen molar-refractivity contribution in [2.45, 2.75) is 13.0 Å². The molecular weight excluding hydrogens is 347 g/mol. The zero-order valence-electron chi connectivity index (χ0n) is 14.8. The van der Waals surface area contributed by atoms with Gasteiger partial charge in [0, 0.05) is 11.8 Å². The summed E-state index contributed by atoms with van der Waals surface area (Å²) in [5.41, 5.74) is 1.74. The van der Waals surface area contributed by atoms with Gasteiger partial charge in [-0.3, -0.25) is 0 Å². The van der Waals surface area contributed by atoms with Gasteiger partial charge in [0.05, 0.1) is 12.2 Å². The number of anilines is 3. The van der Waals surface area contributed by atoms with Crippen molar-refractivity contribution in [3.8, 4) is 11.5 Å². The Morgan fingerprint density at radius 1 is 1.04 bits per heavy atom. The second-order valence-electron chi connectivity index (χ2n) is 6.15. The topological polar surface area (TPSA) is 68.3 Å². The van der Waals surface area contributed by atoms with Crippen LogP contribution in [-0.2, 0) is 0 Å². The minimum absolute atomic E-state index is 0.0150. The van der Waals surface area contributed by atoms with E-state index in [1.54, 1.807) is 18.2 Å². The van der Waals surface area contributed by atoms with Crippen LogP contribution in [-0.4, -0.2) is 23.2 Å². The van der Waals surface area contributed by atoms with Crippen LogP contribution in [0.3, 0.4) is 0 Å². The molecule has 1 aromatic heterocycles. The second-order valence-corrected chi connectivity index (χ2v) is 6.15. The van der Waals surface area contributed by atoms with Crippen LogP contribution >= 0.6 is 0 Å². The molecule has 0 saturated carbocycles. The molecule has 6 nitrogen and oxygen atoms in total. The fourth-order valence-corrected chi connectivity index (χ4v) is 2.80.